The minimum Gasteiger partial charge on any atom is -0.369 e. The van der Waals surface area contributed by atoms with Gasteiger partial charge < -0.3 is 10.6 Å². The molecule has 2 aromatic rings. The molecule has 0 bridgehead atoms. The third-order valence-electron chi connectivity index (χ3n) is 3.62. The largest absolute Gasteiger partial charge is 0.369 e. The predicted molar refractivity (Wildman–Crippen MR) is 84.9 cm³/mol. The lowest BCUT2D eigenvalue weighted by atomic mass is 10.1. The molecule has 1 heterocycles. The van der Waals surface area contributed by atoms with Crippen LogP contribution in [0.25, 0.3) is 0 Å². The molecule has 1 aromatic carbocycles. The molecule has 2 rings (SSSR count). The second kappa shape index (κ2) is 6.37. The molecule has 1 aromatic heterocycles. The quantitative estimate of drug-likeness (QED) is 0.903. The van der Waals surface area contributed by atoms with Gasteiger partial charge in [-0.25, -0.2) is 4.39 Å². The monoisotopic (exact) mass is 292 g/mol. The Morgan fingerprint density at radius 1 is 1.30 bits per heavy atom. The number of hydrogen-bond donors (Lipinski definition) is 1. The Labute approximate surface area is 124 Å². The van der Waals surface area contributed by atoms with Gasteiger partial charge in [-0.2, -0.15) is 0 Å². The Kier molecular flexibility index (Phi) is 4.78. The van der Waals surface area contributed by atoms with E-state index < -0.39 is 0 Å². The molecular formula is C16H21FN2S. The summed E-state index contributed by atoms with van der Waals surface area (Å²) in [5, 5.41) is 2.07. The molecule has 108 valence electrons. The van der Waals surface area contributed by atoms with Crippen molar-refractivity contribution in [3.05, 3.63) is 52.0 Å². The fourth-order valence-corrected chi connectivity index (χ4v) is 3.01. The Balaban J connectivity index is 2.14. The first kappa shape index (κ1) is 15.0. The summed E-state index contributed by atoms with van der Waals surface area (Å²) in [6, 6.07) is 9.51. The van der Waals surface area contributed by atoms with Gasteiger partial charge in [0.25, 0.3) is 0 Å². The van der Waals surface area contributed by atoms with Crippen LogP contribution in [-0.4, -0.2) is 13.1 Å². The number of thiophene rings is 1. The van der Waals surface area contributed by atoms with Crippen LogP contribution in [0.1, 0.15) is 30.3 Å². The third kappa shape index (κ3) is 3.38. The van der Waals surface area contributed by atoms with E-state index in [1.807, 2.05) is 37.1 Å². The van der Waals surface area contributed by atoms with Crippen molar-refractivity contribution in [1.29, 1.82) is 0 Å². The maximum atomic E-state index is 14.2. The van der Waals surface area contributed by atoms with Gasteiger partial charge in [-0.1, -0.05) is 12.1 Å². The molecule has 0 aliphatic rings. The minimum absolute atomic E-state index is 0.146. The molecule has 2 N–H and O–H groups in total. The Hall–Kier alpha value is -1.39. The minimum atomic E-state index is -0.208. The summed E-state index contributed by atoms with van der Waals surface area (Å²) in [5.41, 5.74) is 7.23. The highest BCUT2D eigenvalue weighted by atomic mass is 32.1. The molecular weight excluding hydrogens is 271 g/mol. The van der Waals surface area contributed by atoms with E-state index in [0.29, 0.717) is 5.69 Å². The molecule has 0 radical (unpaired) electrons. The van der Waals surface area contributed by atoms with Crippen molar-refractivity contribution < 1.29 is 4.39 Å². The summed E-state index contributed by atoms with van der Waals surface area (Å²) in [6.07, 6.45) is 0.919. The van der Waals surface area contributed by atoms with Crippen LogP contribution in [0.5, 0.6) is 0 Å². The van der Waals surface area contributed by atoms with Crippen molar-refractivity contribution >= 4 is 17.0 Å². The number of anilines is 1. The van der Waals surface area contributed by atoms with Gasteiger partial charge in [0.1, 0.15) is 5.82 Å². The van der Waals surface area contributed by atoms with Crippen LogP contribution in [0.2, 0.25) is 0 Å². The maximum absolute atomic E-state index is 14.2. The lowest BCUT2D eigenvalue weighted by molar-refractivity contribution is 0.601. The third-order valence-corrected chi connectivity index (χ3v) is 4.51. The average molecular weight is 292 g/mol. The molecule has 0 saturated heterocycles. The highest BCUT2D eigenvalue weighted by Crippen LogP contribution is 2.25. The molecule has 0 spiro atoms. The van der Waals surface area contributed by atoms with Crippen LogP contribution < -0.4 is 10.6 Å². The zero-order chi connectivity index (χ0) is 14.7. The van der Waals surface area contributed by atoms with Crippen molar-refractivity contribution in [1.82, 2.24) is 0 Å². The van der Waals surface area contributed by atoms with Gasteiger partial charge in [0.2, 0.25) is 0 Å². The van der Waals surface area contributed by atoms with Gasteiger partial charge >= 0.3 is 0 Å². The Bertz CT molecular complexity index is 552. The van der Waals surface area contributed by atoms with Gasteiger partial charge in [-0.3, -0.25) is 0 Å². The van der Waals surface area contributed by atoms with Crippen LogP contribution in [0, 0.1) is 5.82 Å². The normalized spacial score (nSPS) is 14.1. The molecule has 0 amide bonds. The summed E-state index contributed by atoms with van der Waals surface area (Å²) in [5.74, 6) is -0.208. The van der Waals surface area contributed by atoms with Crippen molar-refractivity contribution in [2.75, 3.05) is 11.9 Å². The number of benzene rings is 1. The van der Waals surface area contributed by atoms with Crippen molar-refractivity contribution in [3.8, 4) is 0 Å². The Morgan fingerprint density at radius 2 is 2.05 bits per heavy atom. The highest BCUT2D eigenvalue weighted by Gasteiger charge is 2.15. The summed E-state index contributed by atoms with van der Waals surface area (Å²) in [6.45, 7) is 3.97. The number of rotatable bonds is 5. The first-order chi connectivity index (χ1) is 9.49. The van der Waals surface area contributed by atoms with Gasteiger partial charge in [-0.15, -0.1) is 11.3 Å². The Morgan fingerprint density at radius 3 is 2.60 bits per heavy atom. The average Bonchev–Trinajstić information content (AvgIpc) is 2.90. The van der Waals surface area contributed by atoms with Crippen molar-refractivity contribution in [2.45, 2.75) is 32.4 Å². The van der Waals surface area contributed by atoms with Crippen LogP contribution in [-0.2, 0) is 6.42 Å². The van der Waals surface area contributed by atoms with Crippen LogP contribution in [0.15, 0.2) is 35.7 Å². The fourth-order valence-electron chi connectivity index (χ4n) is 2.19. The second-order valence-electron chi connectivity index (χ2n) is 5.24. The first-order valence-corrected chi connectivity index (χ1v) is 7.67. The van der Waals surface area contributed by atoms with E-state index in [0.717, 1.165) is 12.0 Å². The number of halogens is 1. The van der Waals surface area contributed by atoms with E-state index in [-0.39, 0.29) is 17.9 Å². The zero-order valence-corrected chi connectivity index (χ0v) is 13.0. The molecule has 20 heavy (non-hydrogen) atoms. The molecule has 2 nitrogen and oxygen atoms in total. The molecule has 0 fully saturated rings. The zero-order valence-electron chi connectivity index (χ0n) is 12.1. The van der Waals surface area contributed by atoms with Gasteiger partial charge in [0.15, 0.2) is 0 Å². The fraction of sp³-hybridized carbons (Fsp3) is 0.375. The molecule has 2 unspecified atom stereocenters. The number of likely N-dealkylation sites (N-methyl/N-ethyl adjacent to an activating group) is 1. The lowest BCUT2D eigenvalue weighted by Crippen LogP contribution is -2.31. The number of nitrogens with zero attached hydrogens (tertiary/aromatic N) is 1. The number of nitrogens with two attached hydrogens (primary N) is 1. The van der Waals surface area contributed by atoms with E-state index in [4.69, 9.17) is 5.73 Å². The van der Waals surface area contributed by atoms with Crippen molar-refractivity contribution in [3.63, 3.8) is 0 Å². The summed E-state index contributed by atoms with van der Waals surface area (Å²) in [7, 11) is 1.93. The summed E-state index contributed by atoms with van der Waals surface area (Å²) in [4.78, 5) is 3.30. The number of hydrogen-bond acceptors (Lipinski definition) is 3. The van der Waals surface area contributed by atoms with E-state index in [2.05, 4.69) is 18.4 Å². The van der Waals surface area contributed by atoms with E-state index in [1.54, 1.807) is 11.3 Å². The summed E-state index contributed by atoms with van der Waals surface area (Å²) >= 11 is 1.74. The van der Waals surface area contributed by atoms with Gasteiger partial charge in [0, 0.05) is 30.4 Å². The van der Waals surface area contributed by atoms with Crippen molar-refractivity contribution in [2.24, 2.45) is 5.73 Å². The molecule has 0 aliphatic carbocycles. The predicted octanol–water partition coefficient (Wildman–Crippen LogP) is 3.97. The topological polar surface area (TPSA) is 29.3 Å². The smallest absolute Gasteiger partial charge is 0.146 e. The maximum Gasteiger partial charge on any atom is 0.146 e. The molecule has 4 heteroatoms. The molecule has 0 saturated carbocycles. The molecule has 2 atom stereocenters. The van der Waals surface area contributed by atoms with E-state index in [1.165, 1.54) is 10.9 Å². The van der Waals surface area contributed by atoms with Crippen LogP contribution in [0.4, 0.5) is 10.1 Å². The SMILES string of the molecule is CC(N)c1ccc(N(C)C(C)Cc2cccs2)c(F)c1. The second-order valence-corrected chi connectivity index (χ2v) is 6.28. The van der Waals surface area contributed by atoms with Crippen LogP contribution in [0.3, 0.4) is 0 Å². The standard InChI is InChI=1S/C16H21FN2S/c1-11(9-14-5-4-8-20-14)19(3)16-7-6-13(12(2)18)10-15(16)17/h4-8,10-12H,9,18H2,1-3H3. The van der Waals surface area contributed by atoms with Gasteiger partial charge in [-0.05, 0) is 43.0 Å². The highest BCUT2D eigenvalue weighted by molar-refractivity contribution is 7.09. The van der Waals surface area contributed by atoms with E-state index >= 15 is 0 Å². The van der Waals surface area contributed by atoms with E-state index in [9.17, 15) is 4.39 Å². The molecule has 0 aliphatic heterocycles. The lowest BCUT2D eigenvalue weighted by Gasteiger charge is -2.27. The summed E-state index contributed by atoms with van der Waals surface area (Å²) < 4.78 is 14.2. The van der Waals surface area contributed by atoms with Crippen LogP contribution >= 0.6 is 11.3 Å². The van der Waals surface area contributed by atoms with Gasteiger partial charge in [0.05, 0.1) is 5.69 Å². The first-order valence-electron chi connectivity index (χ1n) is 6.79.